The lowest BCUT2D eigenvalue weighted by atomic mass is 10.0. The molecule has 0 aliphatic carbocycles. The van der Waals surface area contributed by atoms with Crippen LogP contribution in [-0.2, 0) is 10.0 Å². The number of hydrogen-bond acceptors (Lipinski definition) is 6. The van der Waals surface area contributed by atoms with Gasteiger partial charge in [-0.05, 0) is 38.0 Å². The van der Waals surface area contributed by atoms with Gasteiger partial charge in [0.05, 0.1) is 4.92 Å². The highest BCUT2D eigenvalue weighted by molar-refractivity contribution is 7.89. The van der Waals surface area contributed by atoms with Crippen molar-refractivity contribution < 1.29 is 22.6 Å². The van der Waals surface area contributed by atoms with Gasteiger partial charge in [0.1, 0.15) is 5.58 Å². The van der Waals surface area contributed by atoms with E-state index in [0.29, 0.717) is 5.58 Å². The van der Waals surface area contributed by atoms with Crippen molar-refractivity contribution in [3.63, 3.8) is 0 Å². The fourth-order valence-electron chi connectivity index (χ4n) is 4.12. The van der Waals surface area contributed by atoms with Crippen LogP contribution in [0.15, 0.2) is 45.7 Å². The number of amides is 1. The molecule has 1 aliphatic rings. The second-order valence-electron chi connectivity index (χ2n) is 7.88. The van der Waals surface area contributed by atoms with Crippen LogP contribution in [0.4, 0.5) is 5.69 Å². The molecule has 1 saturated heterocycles. The highest BCUT2D eigenvalue weighted by atomic mass is 32.2. The number of benzene rings is 2. The fraction of sp³-hybridized carbons (Fsp3) is 0.318. The molecule has 3 aromatic rings. The predicted molar refractivity (Wildman–Crippen MR) is 118 cm³/mol. The zero-order chi connectivity index (χ0) is 23.2. The van der Waals surface area contributed by atoms with Crippen LogP contribution in [0.5, 0.6) is 0 Å². The molecule has 0 saturated carbocycles. The summed E-state index contributed by atoms with van der Waals surface area (Å²) >= 11 is 0. The fourth-order valence-corrected chi connectivity index (χ4v) is 5.70. The summed E-state index contributed by atoms with van der Waals surface area (Å²) in [6.07, 6.45) is 0. The standard InChI is InChI=1S/C22H23N3O6S/c1-14-8-9-15(2)20-19(14)16(3)21(31-20)22(26)23-10-12-24(13-11-23)32(29,30)18-7-5-4-6-17(18)25(27)28/h4-9H,10-13H2,1-3H3. The molecular weight excluding hydrogens is 434 g/mol. The Morgan fingerprint density at radius 1 is 1.00 bits per heavy atom. The maximum absolute atomic E-state index is 13.2. The Balaban J connectivity index is 1.56. The summed E-state index contributed by atoms with van der Waals surface area (Å²) in [5.41, 5.74) is 2.94. The summed E-state index contributed by atoms with van der Waals surface area (Å²) in [4.78, 5) is 24.9. The lowest BCUT2D eigenvalue weighted by Gasteiger charge is -2.33. The number of hydrogen-bond donors (Lipinski definition) is 0. The van der Waals surface area contributed by atoms with Gasteiger partial charge in [-0.2, -0.15) is 4.31 Å². The number of para-hydroxylation sites is 1. The maximum atomic E-state index is 13.2. The van der Waals surface area contributed by atoms with Gasteiger partial charge in [-0.3, -0.25) is 14.9 Å². The molecule has 4 rings (SSSR count). The molecular formula is C22H23N3O6S. The van der Waals surface area contributed by atoms with Gasteiger partial charge in [0.2, 0.25) is 10.0 Å². The van der Waals surface area contributed by atoms with Crippen molar-refractivity contribution in [2.75, 3.05) is 26.2 Å². The molecule has 0 spiro atoms. The third kappa shape index (κ3) is 3.55. The van der Waals surface area contributed by atoms with Gasteiger partial charge in [0, 0.05) is 43.2 Å². The lowest BCUT2D eigenvalue weighted by Crippen LogP contribution is -2.50. The van der Waals surface area contributed by atoms with Gasteiger partial charge in [0.25, 0.3) is 11.6 Å². The Kier molecular flexibility index (Phi) is 5.51. The predicted octanol–water partition coefficient (Wildman–Crippen LogP) is 3.41. The minimum absolute atomic E-state index is 0.0391. The van der Waals surface area contributed by atoms with Crippen LogP contribution in [0.2, 0.25) is 0 Å². The van der Waals surface area contributed by atoms with Crippen molar-refractivity contribution in [1.29, 1.82) is 0 Å². The van der Waals surface area contributed by atoms with Gasteiger partial charge in [0.15, 0.2) is 10.7 Å². The molecule has 0 atom stereocenters. The smallest absolute Gasteiger partial charge is 0.289 e. The van der Waals surface area contributed by atoms with Crippen LogP contribution in [0.3, 0.4) is 0 Å². The monoisotopic (exact) mass is 457 g/mol. The number of rotatable bonds is 4. The van der Waals surface area contributed by atoms with Crippen LogP contribution in [0.25, 0.3) is 11.0 Å². The summed E-state index contributed by atoms with van der Waals surface area (Å²) in [6.45, 7) is 6.13. The van der Waals surface area contributed by atoms with Gasteiger partial charge in [-0.1, -0.05) is 24.3 Å². The second kappa shape index (κ2) is 8.03. The number of nitro benzene ring substituents is 1. The van der Waals surface area contributed by atoms with E-state index in [0.717, 1.165) is 22.1 Å². The van der Waals surface area contributed by atoms with E-state index in [-0.39, 0.29) is 42.7 Å². The van der Waals surface area contributed by atoms with Gasteiger partial charge < -0.3 is 9.32 Å². The minimum atomic E-state index is -4.06. The van der Waals surface area contributed by atoms with Crippen LogP contribution in [0.1, 0.15) is 27.2 Å². The first kappa shape index (κ1) is 22.0. The molecule has 0 bridgehead atoms. The first-order chi connectivity index (χ1) is 15.1. The van der Waals surface area contributed by atoms with Gasteiger partial charge >= 0.3 is 0 Å². The molecule has 10 heteroatoms. The van der Waals surface area contributed by atoms with Crippen LogP contribution in [-0.4, -0.2) is 54.6 Å². The molecule has 0 radical (unpaired) electrons. The van der Waals surface area contributed by atoms with Crippen molar-refractivity contribution in [3.8, 4) is 0 Å². The van der Waals surface area contributed by atoms with E-state index in [1.54, 1.807) is 4.90 Å². The van der Waals surface area contributed by atoms with Crippen LogP contribution in [0, 0.1) is 30.9 Å². The molecule has 32 heavy (non-hydrogen) atoms. The number of carbonyl (C=O) groups is 1. The Hall–Kier alpha value is -3.24. The lowest BCUT2D eigenvalue weighted by molar-refractivity contribution is -0.387. The van der Waals surface area contributed by atoms with Crippen molar-refractivity contribution in [3.05, 3.63) is 69.0 Å². The summed E-state index contributed by atoms with van der Waals surface area (Å²) < 4.78 is 33.1. The number of carbonyl (C=O) groups excluding carboxylic acids is 1. The van der Waals surface area contributed by atoms with Crippen molar-refractivity contribution in [2.24, 2.45) is 0 Å². The normalized spacial score (nSPS) is 15.3. The van der Waals surface area contributed by atoms with E-state index in [4.69, 9.17) is 4.42 Å². The molecule has 1 fully saturated rings. The quantitative estimate of drug-likeness (QED) is 0.438. The Labute approximate surface area is 185 Å². The number of furan rings is 1. The molecule has 2 heterocycles. The largest absolute Gasteiger partial charge is 0.450 e. The number of piperazine rings is 1. The maximum Gasteiger partial charge on any atom is 0.289 e. The third-order valence-electron chi connectivity index (χ3n) is 5.88. The third-order valence-corrected chi connectivity index (χ3v) is 7.83. The summed E-state index contributed by atoms with van der Waals surface area (Å²) in [5, 5.41) is 12.2. The van der Waals surface area contributed by atoms with Crippen LogP contribution < -0.4 is 0 Å². The number of fused-ring (bicyclic) bond motifs is 1. The molecule has 0 N–H and O–H groups in total. The second-order valence-corrected chi connectivity index (χ2v) is 9.79. The van der Waals surface area contributed by atoms with E-state index in [1.807, 2.05) is 32.9 Å². The number of aryl methyl sites for hydroxylation is 3. The van der Waals surface area contributed by atoms with Crippen molar-refractivity contribution in [1.82, 2.24) is 9.21 Å². The summed E-state index contributed by atoms with van der Waals surface area (Å²) in [5.74, 6) is -0.0346. The topological polar surface area (TPSA) is 114 Å². The molecule has 1 amide bonds. The molecule has 0 unspecified atom stereocenters. The molecule has 1 aliphatic heterocycles. The number of nitro groups is 1. The van der Waals surface area contributed by atoms with Gasteiger partial charge in [-0.15, -0.1) is 0 Å². The molecule has 2 aromatic carbocycles. The van der Waals surface area contributed by atoms with Gasteiger partial charge in [-0.25, -0.2) is 8.42 Å². The zero-order valence-corrected chi connectivity index (χ0v) is 18.8. The van der Waals surface area contributed by atoms with E-state index in [1.165, 1.54) is 28.6 Å². The average Bonchev–Trinajstić information content (AvgIpc) is 3.14. The Bertz CT molecular complexity index is 1340. The van der Waals surface area contributed by atoms with E-state index >= 15 is 0 Å². The van der Waals surface area contributed by atoms with E-state index < -0.39 is 20.6 Å². The highest BCUT2D eigenvalue weighted by Crippen LogP contribution is 2.32. The molecule has 1 aromatic heterocycles. The highest BCUT2D eigenvalue weighted by Gasteiger charge is 2.35. The van der Waals surface area contributed by atoms with Crippen LogP contribution >= 0.6 is 0 Å². The van der Waals surface area contributed by atoms with Crippen molar-refractivity contribution in [2.45, 2.75) is 25.7 Å². The first-order valence-corrected chi connectivity index (χ1v) is 11.6. The van der Waals surface area contributed by atoms with Crippen molar-refractivity contribution >= 4 is 32.6 Å². The van der Waals surface area contributed by atoms with E-state index in [9.17, 15) is 23.3 Å². The number of sulfonamides is 1. The average molecular weight is 458 g/mol. The van der Waals surface area contributed by atoms with E-state index in [2.05, 4.69) is 0 Å². The minimum Gasteiger partial charge on any atom is -0.450 e. The SMILES string of the molecule is Cc1ccc(C)c2c(C)c(C(=O)N3CCN(S(=O)(=O)c4ccccc4[N+](=O)[O-])CC3)oc12. The molecule has 168 valence electrons. The Morgan fingerprint density at radius 3 is 2.25 bits per heavy atom. The zero-order valence-electron chi connectivity index (χ0n) is 18.0. The summed E-state index contributed by atoms with van der Waals surface area (Å²) in [6, 6.07) is 9.21. The number of nitrogens with zero attached hydrogens (tertiary/aromatic N) is 3. The first-order valence-electron chi connectivity index (χ1n) is 10.1. The molecule has 9 nitrogen and oxygen atoms in total. The Morgan fingerprint density at radius 2 is 1.62 bits per heavy atom. The summed E-state index contributed by atoms with van der Waals surface area (Å²) in [7, 11) is -4.06.